The van der Waals surface area contributed by atoms with Gasteiger partial charge in [-0.3, -0.25) is 14.4 Å². The first kappa shape index (κ1) is 21.1. The highest BCUT2D eigenvalue weighted by Gasteiger charge is 2.39. The quantitative estimate of drug-likeness (QED) is 0.717. The van der Waals surface area contributed by atoms with E-state index in [4.69, 9.17) is 11.6 Å². The highest BCUT2D eigenvalue weighted by atomic mass is 35.5. The first-order valence-corrected chi connectivity index (χ1v) is 10.8. The summed E-state index contributed by atoms with van der Waals surface area (Å²) in [5.41, 5.74) is 2.53. The average molecular weight is 438 g/mol. The fourth-order valence-electron chi connectivity index (χ4n) is 3.98. The third-order valence-electron chi connectivity index (χ3n) is 5.76. The van der Waals surface area contributed by atoms with Gasteiger partial charge < -0.3 is 10.2 Å². The number of rotatable bonds is 4. The molecule has 1 unspecified atom stereocenters. The van der Waals surface area contributed by atoms with Gasteiger partial charge in [0.15, 0.2) is 0 Å². The van der Waals surface area contributed by atoms with Crippen LogP contribution in [0.2, 0.25) is 0 Å². The van der Waals surface area contributed by atoms with Gasteiger partial charge in [0.2, 0.25) is 0 Å². The Morgan fingerprint density at radius 2 is 1.81 bits per heavy atom. The molecule has 160 valence electrons. The molecule has 0 radical (unpaired) electrons. The number of amides is 3. The van der Waals surface area contributed by atoms with Crippen molar-refractivity contribution in [2.45, 2.75) is 39.2 Å². The Hall–Kier alpha value is -3.12. The number of imide groups is 1. The predicted octanol–water partition coefficient (Wildman–Crippen LogP) is 4.45. The lowest BCUT2D eigenvalue weighted by molar-refractivity contribution is -0.120. The number of hydrogen-bond acceptors (Lipinski definition) is 4. The van der Waals surface area contributed by atoms with Gasteiger partial charge in [-0.1, -0.05) is 35.4 Å². The van der Waals surface area contributed by atoms with Crippen LogP contribution in [0.15, 0.2) is 59.3 Å². The van der Waals surface area contributed by atoms with E-state index in [0.717, 1.165) is 36.3 Å². The third kappa shape index (κ3) is 4.08. The second kappa shape index (κ2) is 8.55. The Morgan fingerprint density at radius 1 is 1.06 bits per heavy atom. The topological polar surface area (TPSA) is 69.7 Å². The molecule has 31 heavy (non-hydrogen) atoms. The highest BCUT2D eigenvalue weighted by molar-refractivity contribution is 6.53. The van der Waals surface area contributed by atoms with Gasteiger partial charge in [-0.25, -0.2) is 4.90 Å². The van der Waals surface area contributed by atoms with E-state index in [9.17, 15) is 14.4 Å². The number of halogens is 1. The molecule has 6 nitrogen and oxygen atoms in total. The molecule has 0 bridgehead atoms. The van der Waals surface area contributed by atoms with Crippen LogP contribution in [-0.2, 0) is 9.59 Å². The van der Waals surface area contributed by atoms with Crippen LogP contribution < -0.4 is 10.2 Å². The minimum absolute atomic E-state index is 0.00295. The Bertz CT molecular complexity index is 1080. The summed E-state index contributed by atoms with van der Waals surface area (Å²) in [7, 11) is 0. The molecule has 0 saturated carbocycles. The molecule has 0 spiro atoms. The maximum atomic E-state index is 13.0. The van der Waals surface area contributed by atoms with E-state index in [1.54, 1.807) is 36.4 Å². The van der Waals surface area contributed by atoms with E-state index >= 15 is 0 Å². The van der Waals surface area contributed by atoms with Gasteiger partial charge in [0, 0.05) is 23.8 Å². The summed E-state index contributed by atoms with van der Waals surface area (Å²) in [6.45, 7) is 4.73. The lowest BCUT2D eigenvalue weighted by Gasteiger charge is -2.33. The van der Waals surface area contributed by atoms with Crippen LogP contribution in [0.4, 0.5) is 11.4 Å². The molecular weight excluding hydrogens is 414 g/mol. The zero-order chi connectivity index (χ0) is 22.1. The molecular formula is C24H24ClN3O3. The Morgan fingerprint density at radius 3 is 2.52 bits per heavy atom. The van der Waals surface area contributed by atoms with Crippen LogP contribution in [0.5, 0.6) is 0 Å². The van der Waals surface area contributed by atoms with Crippen molar-refractivity contribution in [3.63, 3.8) is 0 Å². The van der Waals surface area contributed by atoms with Crippen molar-refractivity contribution in [2.75, 3.05) is 16.8 Å². The Balaban J connectivity index is 1.56. The van der Waals surface area contributed by atoms with Crippen molar-refractivity contribution in [1.29, 1.82) is 0 Å². The summed E-state index contributed by atoms with van der Waals surface area (Å²) in [6.07, 6.45) is 3.13. The van der Waals surface area contributed by atoms with E-state index in [2.05, 4.69) is 12.2 Å². The fourth-order valence-corrected chi connectivity index (χ4v) is 4.19. The molecule has 1 N–H and O–H groups in total. The van der Waals surface area contributed by atoms with E-state index in [0.29, 0.717) is 16.9 Å². The number of nitrogens with zero attached hydrogens (tertiary/aromatic N) is 2. The van der Waals surface area contributed by atoms with E-state index in [1.165, 1.54) is 0 Å². The first-order chi connectivity index (χ1) is 14.9. The lowest BCUT2D eigenvalue weighted by Crippen LogP contribution is -2.42. The van der Waals surface area contributed by atoms with Crippen molar-refractivity contribution in [3.8, 4) is 0 Å². The molecule has 2 heterocycles. The number of nitrogens with one attached hydrogen (secondary N) is 1. The maximum absolute atomic E-state index is 13.0. The average Bonchev–Trinajstić information content (AvgIpc) is 2.98. The number of hydrogen-bond donors (Lipinski definition) is 1. The normalized spacial score (nSPS) is 19.3. The summed E-state index contributed by atoms with van der Waals surface area (Å²) >= 11 is 6.22. The molecule has 2 aromatic rings. The largest absolute Gasteiger partial charge is 0.350 e. The number of carbonyl (C=O) groups excluding carboxylic acids is 3. The summed E-state index contributed by atoms with van der Waals surface area (Å²) in [5, 5.41) is 2.78. The highest BCUT2D eigenvalue weighted by Crippen LogP contribution is 2.30. The molecule has 0 aromatic heterocycles. The Labute approximate surface area is 186 Å². The molecule has 1 fully saturated rings. The first-order valence-electron chi connectivity index (χ1n) is 10.4. The lowest BCUT2D eigenvalue weighted by atomic mass is 10.0. The number of anilines is 2. The van der Waals surface area contributed by atoms with Crippen LogP contribution >= 0.6 is 11.6 Å². The zero-order valence-corrected chi connectivity index (χ0v) is 18.3. The number of benzene rings is 2. The standard InChI is InChI=1S/C24H24ClN3O3/c1-15-9-11-19(12-10-15)28-23(30)20(25)21(24(28)31)26-18-8-5-7-17(14-18)22(29)27-13-4-3-6-16(27)2/h5,7-12,14,16,26H,3-4,6,13H2,1-2H3. The van der Waals surface area contributed by atoms with Crippen LogP contribution in [0.3, 0.4) is 0 Å². The van der Waals surface area contributed by atoms with Crippen LogP contribution in [0, 0.1) is 6.92 Å². The smallest absolute Gasteiger partial charge is 0.283 e. The zero-order valence-electron chi connectivity index (χ0n) is 17.5. The number of piperidine rings is 1. The minimum atomic E-state index is -0.576. The van der Waals surface area contributed by atoms with Gasteiger partial charge in [-0.05, 0) is 63.4 Å². The molecule has 1 atom stereocenters. The minimum Gasteiger partial charge on any atom is -0.350 e. The van der Waals surface area contributed by atoms with Crippen LogP contribution in [0.25, 0.3) is 0 Å². The second-order valence-electron chi connectivity index (χ2n) is 8.02. The molecule has 7 heteroatoms. The monoisotopic (exact) mass is 437 g/mol. The molecule has 3 amide bonds. The van der Waals surface area contributed by atoms with Gasteiger partial charge >= 0.3 is 0 Å². The second-order valence-corrected chi connectivity index (χ2v) is 8.40. The van der Waals surface area contributed by atoms with Gasteiger partial charge in [-0.15, -0.1) is 0 Å². The third-order valence-corrected chi connectivity index (χ3v) is 6.11. The summed E-state index contributed by atoms with van der Waals surface area (Å²) in [5.74, 6) is -1.14. The summed E-state index contributed by atoms with van der Waals surface area (Å²) in [4.78, 5) is 41.5. The van der Waals surface area contributed by atoms with Crippen molar-refractivity contribution in [1.82, 2.24) is 4.90 Å². The van der Waals surface area contributed by atoms with Crippen LogP contribution in [0.1, 0.15) is 42.1 Å². The SMILES string of the molecule is Cc1ccc(N2C(=O)C(Cl)=C(Nc3cccc(C(=O)N4CCCCC4C)c3)C2=O)cc1. The van der Waals surface area contributed by atoms with Crippen molar-refractivity contribution >= 4 is 40.7 Å². The van der Waals surface area contributed by atoms with Gasteiger partial charge in [0.25, 0.3) is 17.7 Å². The predicted molar refractivity (Wildman–Crippen MR) is 121 cm³/mol. The van der Waals surface area contributed by atoms with E-state index < -0.39 is 11.8 Å². The molecule has 1 saturated heterocycles. The van der Waals surface area contributed by atoms with E-state index in [-0.39, 0.29) is 22.7 Å². The maximum Gasteiger partial charge on any atom is 0.283 e. The Kier molecular flexibility index (Phi) is 5.83. The number of aryl methyl sites for hydroxylation is 1. The molecule has 2 aliphatic heterocycles. The summed E-state index contributed by atoms with van der Waals surface area (Å²) < 4.78 is 0. The van der Waals surface area contributed by atoms with Gasteiger partial charge in [-0.2, -0.15) is 0 Å². The van der Waals surface area contributed by atoms with Gasteiger partial charge in [0.1, 0.15) is 10.7 Å². The van der Waals surface area contributed by atoms with Crippen molar-refractivity contribution < 1.29 is 14.4 Å². The molecule has 2 aliphatic rings. The van der Waals surface area contributed by atoms with E-state index in [1.807, 2.05) is 24.0 Å². The number of carbonyl (C=O) groups is 3. The fraction of sp³-hybridized carbons (Fsp3) is 0.292. The number of likely N-dealkylation sites (tertiary alicyclic amines) is 1. The van der Waals surface area contributed by atoms with Crippen molar-refractivity contribution in [3.05, 3.63) is 70.4 Å². The van der Waals surface area contributed by atoms with Crippen LogP contribution in [-0.4, -0.2) is 35.2 Å². The summed E-state index contributed by atoms with van der Waals surface area (Å²) in [6, 6.07) is 14.2. The molecule has 4 rings (SSSR count). The molecule has 0 aliphatic carbocycles. The van der Waals surface area contributed by atoms with Gasteiger partial charge in [0.05, 0.1) is 5.69 Å². The molecule has 2 aromatic carbocycles. The van der Waals surface area contributed by atoms with Crippen molar-refractivity contribution in [2.24, 2.45) is 0 Å².